The summed E-state index contributed by atoms with van der Waals surface area (Å²) in [6.45, 7) is 4.51. The van der Waals surface area contributed by atoms with Crippen LogP contribution in [0.2, 0.25) is 0 Å². The minimum Gasteiger partial charge on any atom is -0.365 e. The zero-order valence-corrected chi connectivity index (χ0v) is 20.9. The summed E-state index contributed by atoms with van der Waals surface area (Å²) in [4.78, 5) is 27.9. The molecule has 2 aromatic rings. The van der Waals surface area contributed by atoms with Gasteiger partial charge >= 0.3 is 0 Å². The van der Waals surface area contributed by atoms with Gasteiger partial charge in [0.1, 0.15) is 5.00 Å². The molecule has 33 heavy (non-hydrogen) atoms. The van der Waals surface area contributed by atoms with Gasteiger partial charge < -0.3 is 11.1 Å². The first-order valence-electron chi connectivity index (χ1n) is 11.2. The molecule has 3 N–H and O–H groups in total. The molecule has 0 unspecified atom stereocenters. The molecule has 0 radical (unpaired) electrons. The van der Waals surface area contributed by atoms with Crippen LogP contribution in [0, 0.1) is 13.8 Å². The third kappa shape index (κ3) is 4.99. The van der Waals surface area contributed by atoms with E-state index in [1.165, 1.54) is 11.3 Å². The number of primary amides is 1. The number of likely N-dealkylation sites (N-methyl/N-ethyl adjacent to an activating group) is 1. The zero-order chi connectivity index (χ0) is 23.9. The van der Waals surface area contributed by atoms with Crippen molar-refractivity contribution in [3.05, 3.63) is 33.0 Å². The van der Waals surface area contributed by atoms with Crippen molar-refractivity contribution in [2.75, 3.05) is 30.4 Å². The molecular formula is C22H31N5O4S2. The first kappa shape index (κ1) is 23.9. The topological polar surface area (TPSA) is 127 Å². The van der Waals surface area contributed by atoms with Gasteiger partial charge in [-0.3, -0.25) is 19.2 Å². The average molecular weight is 494 g/mol. The van der Waals surface area contributed by atoms with E-state index in [9.17, 15) is 18.0 Å². The van der Waals surface area contributed by atoms with Crippen LogP contribution in [0.15, 0.2) is 0 Å². The standard InChI is InChI=1S/C22H31N5O4S2/c1-13-17(14(2)27(25-13)15-8-9-33(30,31)12-15)10-26(3)11-19(28)24-22-20(21(23)29)16-6-4-5-7-18(16)32-22/h15H,4-12H2,1-3H3,(H2,23,29)(H,24,28)/t15-/m0/s1. The first-order valence-corrected chi connectivity index (χ1v) is 13.9. The Hall–Kier alpha value is -2.24. The minimum atomic E-state index is -3.00. The monoisotopic (exact) mass is 493 g/mol. The van der Waals surface area contributed by atoms with Gasteiger partial charge in [0.25, 0.3) is 5.91 Å². The van der Waals surface area contributed by atoms with E-state index in [1.807, 2.05) is 30.5 Å². The highest BCUT2D eigenvalue weighted by atomic mass is 32.2. The summed E-state index contributed by atoms with van der Waals surface area (Å²) >= 11 is 1.46. The number of carbonyl (C=O) groups is 2. The van der Waals surface area contributed by atoms with E-state index in [2.05, 4.69) is 10.4 Å². The van der Waals surface area contributed by atoms with Gasteiger partial charge in [-0.1, -0.05) is 0 Å². The molecule has 180 valence electrons. The van der Waals surface area contributed by atoms with Crippen LogP contribution < -0.4 is 11.1 Å². The Bertz CT molecular complexity index is 1200. The molecule has 3 heterocycles. The second kappa shape index (κ2) is 9.19. The van der Waals surface area contributed by atoms with Crippen LogP contribution >= 0.6 is 11.3 Å². The number of fused-ring (bicyclic) bond motifs is 1. The van der Waals surface area contributed by atoms with E-state index < -0.39 is 15.7 Å². The summed E-state index contributed by atoms with van der Waals surface area (Å²) in [6.07, 6.45) is 4.43. The molecule has 1 atom stereocenters. The van der Waals surface area contributed by atoms with Gasteiger partial charge in [0.15, 0.2) is 9.84 Å². The van der Waals surface area contributed by atoms with Gasteiger partial charge in [0.05, 0.1) is 35.3 Å². The second-order valence-electron chi connectivity index (χ2n) is 9.15. The van der Waals surface area contributed by atoms with Crippen LogP contribution in [-0.4, -0.2) is 60.0 Å². The fourth-order valence-corrected chi connectivity index (χ4v) is 7.90. The van der Waals surface area contributed by atoms with Crippen molar-refractivity contribution in [1.29, 1.82) is 0 Å². The normalized spacial score (nSPS) is 19.6. The largest absolute Gasteiger partial charge is 0.365 e. The molecule has 0 saturated carbocycles. The molecule has 1 aliphatic heterocycles. The highest BCUT2D eigenvalue weighted by Crippen LogP contribution is 2.38. The predicted octanol–water partition coefficient (Wildman–Crippen LogP) is 1.97. The van der Waals surface area contributed by atoms with Gasteiger partial charge in [-0.2, -0.15) is 5.10 Å². The van der Waals surface area contributed by atoms with E-state index in [4.69, 9.17) is 5.73 Å². The first-order chi connectivity index (χ1) is 15.6. The zero-order valence-electron chi connectivity index (χ0n) is 19.3. The molecule has 2 aliphatic rings. The van der Waals surface area contributed by atoms with Gasteiger partial charge in [0, 0.05) is 22.7 Å². The lowest BCUT2D eigenvalue weighted by molar-refractivity contribution is -0.117. The lowest BCUT2D eigenvalue weighted by Crippen LogP contribution is -2.30. The fourth-order valence-electron chi connectivity index (χ4n) is 4.90. The molecule has 1 fully saturated rings. The third-order valence-electron chi connectivity index (χ3n) is 6.54. The highest BCUT2D eigenvalue weighted by molar-refractivity contribution is 7.91. The number of aryl methyl sites for hydroxylation is 2. The molecule has 2 aromatic heterocycles. The number of nitrogens with two attached hydrogens (primary N) is 1. The number of nitrogens with zero attached hydrogens (tertiary/aromatic N) is 3. The van der Waals surface area contributed by atoms with Gasteiger partial charge in [-0.25, -0.2) is 8.42 Å². The van der Waals surface area contributed by atoms with Crippen molar-refractivity contribution in [3.8, 4) is 0 Å². The molecule has 1 saturated heterocycles. The van der Waals surface area contributed by atoms with Crippen molar-refractivity contribution < 1.29 is 18.0 Å². The molecule has 9 nitrogen and oxygen atoms in total. The lowest BCUT2D eigenvalue weighted by Gasteiger charge is -2.17. The Balaban J connectivity index is 1.43. The number of carbonyl (C=O) groups excluding carboxylic acids is 2. The van der Waals surface area contributed by atoms with Crippen LogP contribution in [0.25, 0.3) is 0 Å². The van der Waals surface area contributed by atoms with Gasteiger partial charge in [0.2, 0.25) is 5.91 Å². The molecule has 0 aromatic carbocycles. The van der Waals surface area contributed by atoms with E-state index in [0.717, 1.165) is 53.1 Å². The molecule has 2 amide bonds. The van der Waals surface area contributed by atoms with Crippen LogP contribution in [0.3, 0.4) is 0 Å². The maximum absolute atomic E-state index is 12.8. The maximum Gasteiger partial charge on any atom is 0.251 e. The van der Waals surface area contributed by atoms with Crippen molar-refractivity contribution in [3.63, 3.8) is 0 Å². The summed E-state index contributed by atoms with van der Waals surface area (Å²) in [5, 5.41) is 8.06. The number of sulfone groups is 1. The second-order valence-corrected chi connectivity index (χ2v) is 12.5. The molecule has 0 spiro atoms. The number of amides is 2. The smallest absolute Gasteiger partial charge is 0.251 e. The van der Waals surface area contributed by atoms with Gasteiger partial charge in [-0.15, -0.1) is 11.3 Å². The van der Waals surface area contributed by atoms with Crippen molar-refractivity contribution in [2.45, 2.75) is 58.5 Å². The Morgan fingerprint density at radius 1 is 1.27 bits per heavy atom. The molecular weight excluding hydrogens is 462 g/mol. The summed E-state index contributed by atoms with van der Waals surface area (Å²) < 4.78 is 25.6. The third-order valence-corrected chi connectivity index (χ3v) is 9.50. The van der Waals surface area contributed by atoms with Gasteiger partial charge in [-0.05, 0) is 58.6 Å². The maximum atomic E-state index is 12.8. The number of hydrogen-bond donors (Lipinski definition) is 2. The highest BCUT2D eigenvalue weighted by Gasteiger charge is 2.31. The van der Waals surface area contributed by atoms with Crippen LogP contribution in [0.1, 0.15) is 63.1 Å². The van der Waals surface area contributed by atoms with E-state index in [0.29, 0.717) is 23.5 Å². The fraction of sp³-hybridized carbons (Fsp3) is 0.591. The predicted molar refractivity (Wildman–Crippen MR) is 128 cm³/mol. The number of hydrogen-bond acceptors (Lipinski definition) is 7. The summed E-state index contributed by atoms with van der Waals surface area (Å²) in [6, 6.07) is -0.131. The molecule has 1 aliphatic carbocycles. The number of rotatable bonds is 7. The van der Waals surface area contributed by atoms with E-state index in [1.54, 1.807) is 0 Å². The van der Waals surface area contributed by atoms with Crippen molar-refractivity contribution in [1.82, 2.24) is 14.7 Å². The Labute approximate surface area is 198 Å². The lowest BCUT2D eigenvalue weighted by atomic mass is 9.95. The Morgan fingerprint density at radius 2 is 2.00 bits per heavy atom. The minimum absolute atomic E-state index is 0.125. The van der Waals surface area contributed by atoms with Crippen LogP contribution in [-0.2, 0) is 34.0 Å². The Kier molecular flexibility index (Phi) is 6.66. The molecule has 11 heteroatoms. The molecule has 4 rings (SSSR count). The SMILES string of the molecule is Cc1nn([C@H]2CCS(=O)(=O)C2)c(C)c1CN(C)CC(=O)Nc1sc2c(c1C(N)=O)CCCC2. The summed E-state index contributed by atoms with van der Waals surface area (Å²) in [5.41, 5.74) is 9.86. The quantitative estimate of drug-likeness (QED) is 0.607. The van der Waals surface area contributed by atoms with E-state index in [-0.39, 0.29) is 30.0 Å². The number of thiophene rings is 1. The van der Waals surface area contributed by atoms with Crippen molar-refractivity contribution in [2.24, 2.45) is 5.73 Å². The number of anilines is 1. The summed E-state index contributed by atoms with van der Waals surface area (Å²) in [7, 11) is -1.15. The van der Waals surface area contributed by atoms with Crippen LogP contribution in [0.4, 0.5) is 5.00 Å². The average Bonchev–Trinajstić information content (AvgIpc) is 3.36. The Morgan fingerprint density at radius 3 is 2.67 bits per heavy atom. The van der Waals surface area contributed by atoms with E-state index >= 15 is 0 Å². The summed E-state index contributed by atoms with van der Waals surface area (Å²) in [5.74, 6) is -0.376. The van der Waals surface area contributed by atoms with Crippen LogP contribution in [0.5, 0.6) is 0 Å². The molecule has 0 bridgehead atoms. The van der Waals surface area contributed by atoms with Crippen molar-refractivity contribution >= 4 is 38.0 Å². The number of aromatic nitrogens is 2. The number of nitrogens with one attached hydrogen (secondary N) is 1.